The van der Waals surface area contributed by atoms with Gasteiger partial charge in [0, 0.05) is 18.7 Å². The zero-order valence-electron chi connectivity index (χ0n) is 14.2. The third-order valence-corrected chi connectivity index (χ3v) is 4.18. The van der Waals surface area contributed by atoms with Crippen LogP contribution in [0.15, 0.2) is 53.3 Å². The van der Waals surface area contributed by atoms with Gasteiger partial charge in [-0.05, 0) is 12.1 Å². The molecule has 26 heavy (non-hydrogen) atoms. The normalized spacial score (nSPS) is 11.0. The molecule has 0 aliphatic carbocycles. The van der Waals surface area contributed by atoms with Gasteiger partial charge in [0.2, 0.25) is 0 Å². The van der Waals surface area contributed by atoms with Crippen LogP contribution in [0.3, 0.4) is 0 Å². The minimum atomic E-state index is -0.285. The highest BCUT2D eigenvalue weighted by Crippen LogP contribution is 2.32. The number of nitrogens with zero attached hydrogens (tertiary/aromatic N) is 3. The number of fused-ring (bicyclic) bond motifs is 1. The summed E-state index contributed by atoms with van der Waals surface area (Å²) in [6.07, 6.45) is 0. The van der Waals surface area contributed by atoms with Gasteiger partial charge in [0.05, 0.1) is 12.7 Å². The van der Waals surface area contributed by atoms with Gasteiger partial charge in [-0.15, -0.1) is 0 Å². The van der Waals surface area contributed by atoms with Crippen LogP contribution in [0.5, 0.6) is 11.5 Å². The van der Waals surface area contributed by atoms with Gasteiger partial charge >= 0.3 is 0 Å². The first-order chi connectivity index (χ1) is 12.6. The van der Waals surface area contributed by atoms with Crippen LogP contribution in [0.2, 0.25) is 0 Å². The minimum Gasteiger partial charge on any atom is -0.508 e. The fraction of sp³-hybridized carbons (Fsp3) is 0.105. The van der Waals surface area contributed by atoms with E-state index in [1.165, 1.54) is 19.2 Å². The number of aromatic hydroxyl groups is 1. The van der Waals surface area contributed by atoms with Crippen molar-refractivity contribution in [3.63, 3.8) is 0 Å². The lowest BCUT2D eigenvalue weighted by atomic mass is 10.1. The number of aromatic amines is 1. The molecule has 2 aromatic carbocycles. The number of aryl methyl sites for hydroxylation is 1. The minimum absolute atomic E-state index is 0.0703. The van der Waals surface area contributed by atoms with Crippen LogP contribution in [0.1, 0.15) is 0 Å². The summed E-state index contributed by atoms with van der Waals surface area (Å²) in [6, 6.07) is 14.1. The SMILES string of the molecule is COc1cc(O)ccc1-c1nc2c(c(-c3ccccc3)nn2C)c(=O)[nH]1. The predicted octanol–water partition coefficient (Wildman–Crippen LogP) is 2.70. The Labute approximate surface area is 148 Å². The highest BCUT2D eigenvalue weighted by molar-refractivity contribution is 5.91. The van der Waals surface area contributed by atoms with E-state index in [1.54, 1.807) is 17.8 Å². The molecule has 2 N–H and O–H groups in total. The molecule has 0 spiro atoms. The second-order valence-corrected chi connectivity index (χ2v) is 5.84. The van der Waals surface area contributed by atoms with Gasteiger partial charge < -0.3 is 14.8 Å². The Morgan fingerprint density at radius 2 is 1.92 bits per heavy atom. The smallest absolute Gasteiger partial charge is 0.262 e. The van der Waals surface area contributed by atoms with Gasteiger partial charge in [-0.3, -0.25) is 4.79 Å². The molecule has 0 saturated heterocycles. The Morgan fingerprint density at radius 3 is 2.65 bits per heavy atom. The van der Waals surface area contributed by atoms with Crippen molar-refractivity contribution in [1.29, 1.82) is 0 Å². The number of hydrogen-bond acceptors (Lipinski definition) is 5. The summed E-state index contributed by atoms with van der Waals surface area (Å²) in [4.78, 5) is 20.2. The topological polar surface area (TPSA) is 93.0 Å². The third kappa shape index (κ3) is 2.50. The largest absolute Gasteiger partial charge is 0.508 e. The Morgan fingerprint density at radius 1 is 1.15 bits per heavy atom. The van der Waals surface area contributed by atoms with Crippen molar-refractivity contribution in [2.24, 2.45) is 7.05 Å². The Hall–Kier alpha value is -3.61. The van der Waals surface area contributed by atoms with Gasteiger partial charge in [-0.1, -0.05) is 30.3 Å². The zero-order chi connectivity index (χ0) is 18.3. The van der Waals surface area contributed by atoms with Gasteiger partial charge in [-0.25, -0.2) is 9.67 Å². The molecular weight excluding hydrogens is 332 g/mol. The van der Waals surface area contributed by atoms with E-state index in [1.807, 2.05) is 30.3 Å². The quantitative estimate of drug-likeness (QED) is 0.594. The molecule has 0 aliphatic rings. The van der Waals surface area contributed by atoms with E-state index in [9.17, 15) is 9.90 Å². The lowest BCUT2D eigenvalue weighted by Gasteiger charge is -2.08. The van der Waals surface area contributed by atoms with Crippen LogP contribution in [0.4, 0.5) is 0 Å². The summed E-state index contributed by atoms with van der Waals surface area (Å²) in [7, 11) is 3.24. The van der Waals surface area contributed by atoms with E-state index in [4.69, 9.17) is 4.74 Å². The van der Waals surface area contributed by atoms with Crippen LogP contribution in [0, 0.1) is 0 Å². The monoisotopic (exact) mass is 348 g/mol. The molecule has 2 aromatic heterocycles. The van der Waals surface area contributed by atoms with Crippen LogP contribution >= 0.6 is 0 Å². The van der Waals surface area contributed by atoms with Crippen LogP contribution in [-0.2, 0) is 7.05 Å². The lowest BCUT2D eigenvalue weighted by Crippen LogP contribution is -2.10. The molecule has 0 aliphatic heterocycles. The van der Waals surface area contributed by atoms with Crippen LogP contribution in [-0.4, -0.2) is 32.0 Å². The molecule has 7 nitrogen and oxygen atoms in total. The molecule has 0 fully saturated rings. The van der Waals surface area contributed by atoms with Gasteiger partial charge in [0.25, 0.3) is 5.56 Å². The number of ether oxygens (including phenoxy) is 1. The number of methoxy groups -OCH3 is 1. The van der Waals surface area contributed by atoms with Crippen molar-refractivity contribution in [3.8, 4) is 34.1 Å². The fourth-order valence-electron chi connectivity index (χ4n) is 2.96. The summed E-state index contributed by atoms with van der Waals surface area (Å²) in [6.45, 7) is 0. The van der Waals surface area contributed by atoms with Crippen LogP contribution in [0.25, 0.3) is 33.7 Å². The second kappa shape index (κ2) is 6.03. The van der Waals surface area contributed by atoms with Crippen molar-refractivity contribution >= 4 is 11.0 Å². The molecular formula is C19H16N4O3. The van der Waals surface area contributed by atoms with E-state index in [0.29, 0.717) is 33.9 Å². The van der Waals surface area contributed by atoms with E-state index in [0.717, 1.165) is 5.56 Å². The third-order valence-electron chi connectivity index (χ3n) is 4.18. The summed E-state index contributed by atoms with van der Waals surface area (Å²) >= 11 is 0. The standard InChI is InChI=1S/C19H16N4O3/c1-23-18-15(16(22-23)11-6-4-3-5-7-11)19(25)21-17(20-18)13-9-8-12(24)10-14(13)26-2/h3-10,24H,1-2H3,(H,20,21,25). The maximum absolute atomic E-state index is 12.8. The number of hydrogen-bond donors (Lipinski definition) is 2. The first-order valence-electron chi connectivity index (χ1n) is 7.98. The molecule has 2 heterocycles. The first-order valence-corrected chi connectivity index (χ1v) is 7.98. The van der Waals surface area contributed by atoms with Crippen molar-refractivity contribution in [3.05, 3.63) is 58.9 Å². The number of benzene rings is 2. The highest BCUT2D eigenvalue weighted by Gasteiger charge is 2.18. The number of rotatable bonds is 3. The van der Waals surface area contributed by atoms with Crippen molar-refractivity contribution in [2.45, 2.75) is 0 Å². The van der Waals surface area contributed by atoms with E-state index >= 15 is 0 Å². The van der Waals surface area contributed by atoms with Crippen molar-refractivity contribution < 1.29 is 9.84 Å². The first kappa shape index (κ1) is 15.9. The zero-order valence-corrected chi connectivity index (χ0v) is 14.2. The maximum atomic E-state index is 12.8. The Balaban J connectivity index is 1.97. The predicted molar refractivity (Wildman–Crippen MR) is 98.2 cm³/mol. The molecule has 0 radical (unpaired) electrons. The summed E-state index contributed by atoms with van der Waals surface area (Å²) < 4.78 is 6.88. The molecule has 4 aromatic rings. The van der Waals surface area contributed by atoms with Gasteiger partial charge in [0.1, 0.15) is 28.4 Å². The van der Waals surface area contributed by atoms with Crippen molar-refractivity contribution in [1.82, 2.24) is 19.7 Å². The molecule has 0 bridgehead atoms. The number of aromatic nitrogens is 4. The summed E-state index contributed by atoms with van der Waals surface area (Å²) in [5, 5.41) is 14.5. The number of phenols is 1. The molecule has 130 valence electrons. The summed E-state index contributed by atoms with van der Waals surface area (Å²) in [5.41, 5.74) is 2.19. The highest BCUT2D eigenvalue weighted by atomic mass is 16.5. The van der Waals surface area contributed by atoms with Crippen LogP contribution < -0.4 is 10.3 Å². The second-order valence-electron chi connectivity index (χ2n) is 5.84. The van der Waals surface area contributed by atoms with Crippen molar-refractivity contribution in [2.75, 3.05) is 7.11 Å². The maximum Gasteiger partial charge on any atom is 0.262 e. The molecule has 7 heteroatoms. The van der Waals surface area contributed by atoms with E-state index in [2.05, 4.69) is 15.1 Å². The molecule has 0 amide bonds. The molecule has 4 rings (SSSR count). The Bertz CT molecular complexity index is 1160. The number of phenolic OH excluding ortho intramolecular Hbond substituents is 1. The molecule has 0 unspecified atom stereocenters. The van der Waals surface area contributed by atoms with E-state index < -0.39 is 0 Å². The number of H-pyrrole nitrogens is 1. The molecule has 0 saturated carbocycles. The lowest BCUT2D eigenvalue weighted by molar-refractivity contribution is 0.409. The number of nitrogens with one attached hydrogen (secondary N) is 1. The average Bonchev–Trinajstić information content (AvgIpc) is 2.99. The molecule has 0 atom stereocenters. The fourth-order valence-corrected chi connectivity index (χ4v) is 2.96. The van der Waals surface area contributed by atoms with Gasteiger partial charge in [-0.2, -0.15) is 5.10 Å². The van der Waals surface area contributed by atoms with E-state index in [-0.39, 0.29) is 11.3 Å². The summed E-state index contributed by atoms with van der Waals surface area (Å²) in [5.74, 6) is 0.834. The average molecular weight is 348 g/mol. The van der Waals surface area contributed by atoms with Gasteiger partial charge in [0.15, 0.2) is 5.65 Å². The Kier molecular flexibility index (Phi) is 3.69.